The van der Waals surface area contributed by atoms with Crippen LogP contribution in [0.4, 0.5) is 52.7 Å². The van der Waals surface area contributed by atoms with Crippen molar-refractivity contribution >= 4 is 20.0 Å². The molecule has 4 aromatic carbocycles. The second-order valence-electron chi connectivity index (χ2n) is 11.3. The normalized spacial score (nSPS) is 14.1. The van der Waals surface area contributed by atoms with Crippen molar-refractivity contribution in [1.82, 2.24) is 0 Å². The summed E-state index contributed by atoms with van der Waals surface area (Å²) in [5.74, 6) is -39.0. The van der Waals surface area contributed by atoms with Crippen molar-refractivity contribution in [1.29, 1.82) is 0 Å². The summed E-state index contributed by atoms with van der Waals surface area (Å²) in [5.41, 5.74) is 0.243. The number of rotatable bonds is 11. The topological polar surface area (TPSA) is 88.5 Å². The lowest BCUT2D eigenvalue weighted by atomic mass is 9.89. The molecule has 0 fully saturated rings. The van der Waals surface area contributed by atoms with Crippen molar-refractivity contribution in [3.05, 3.63) is 108 Å². The Balaban J connectivity index is 1.70. The Morgan fingerprint density at radius 1 is 0.471 bits per heavy atom. The fourth-order valence-electron chi connectivity index (χ4n) is 4.78. The molecule has 0 heterocycles. The summed E-state index contributed by atoms with van der Waals surface area (Å²) in [7, 11) is -12.7. The molecule has 0 aliphatic heterocycles. The van der Waals surface area contributed by atoms with Crippen LogP contribution in [0.3, 0.4) is 0 Å². The zero-order valence-corrected chi connectivity index (χ0v) is 27.2. The van der Waals surface area contributed by atoms with Gasteiger partial charge in [0.1, 0.15) is 0 Å². The first kappa shape index (κ1) is 39.7. The molecular weight excluding hydrogens is 756 g/mol. The molecule has 0 aromatic heterocycles. The number of benzene rings is 4. The Labute approximate surface area is 282 Å². The van der Waals surface area contributed by atoms with Gasteiger partial charge in [0, 0.05) is 5.56 Å². The van der Waals surface area contributed by atoms with E-state index < -0.39 is 75.7 Å². The van der Waals surface area contributed by atoms with Crippen molar-refractivity contribution < 1.29 is 74.1 Å². The van der Waals surface area contributed by atoms with Gasteiger partial charge in [-0.15, -0.1) is 0 Å². The van der Waals surface area contributed by atoms with Gasteiger partial charge in [0.25, 0.3) is 0 Å². The summed E-state index contributed by atoms with van der Waals surface area (Å²) < 4.78 is 227. The Morgan fingerprint density at radius 2 is 0.824 bits per heavy atom. The molecule has 4 aromatic rings. The Kier molecular flexibility index (Phi) is 9.76. The molecule has 0 saturated carbocycles. The van der Waals surface area contributed by atoms with Gasteiger partial charge in [0.2, 0.25) is 9.84 Å². The second kappa shape index (κ2) is 12.5. The third kappa shape index (κ3) is 6.26. The van der Waals surface area contributed by atoms with Crippen LogP contribution in [0.5, 0.6) is 0 Å². The van der Waals surface area contributed by atoms with E-state index >= 15 is 8.78 Å². The van der Waals surface area contributed by atoms with Gasteiger partial charge in [-0.25, -0.2) is 8.42 Å². The van der Waals surface area contributed by atoms with Gasteiger partial charge >= 0.3 is 45.0 Å². The Morgan fingerprint density at radius 3 is 1.24 bits per heavy atom. The smallest absolute Gasteiger partial charge is 0.281 e. The quantitative estimate of drug-likeness (QED) is 0.121. The predicted octanol–water partition coefficient (Wildman–Crippen LogP) is 9.58. The van der Waals surface area contributed by atoms with Crippen LogP contribution in [0.2, 0.25) is 0 Å². The molecule has 1 N–H and O–H groups in total. The lowest BCUT2D eigenvalue weighted by Crippen LogP contribution is -2.71. The SMILES string of the molecule is Cc1ccc(-c2ccc(-c3ccc(S(=O)(=O)c4ccc(C)c(C(F)(F)C(F)(F)C(F)(F)C(F)(F)C(F)(F)C(F)(F)S(=O)(=O)O)c4)cc3)cc2)cc1. The number of hydrogen-bond donors (Lipinski definition) is 1. The van der Waals surface area contributed by atoms with E-state index in [2.05, 4.69) is 0 Å². The number of halogens is 12. The van der Waals surface area contributed by atoms with Crippen molar-refractivity contribution in [3.8, 4) is 22.3 Å². The second-order valence-corrected chi connectivity index (χ2v) is 14.7. The average molecular weight is 779 g/mol. The Hall–Kier alpha value is -4.10. The number of alkyl halides is 12. The van der Waals surface area contributed by atoms with Gasteiger partial charge < -0.3 is 0 Å². The predicted molar refractivity (Wildman–Crippen MR) is 159 cm³/mol. The van der Waals surface area contributed by atoms with Crippen molar-refractivity contribution in [2.24, 2.45) is 0 Å². The largest absolute Gasteiger partial charge is 0.438 e. The molecule has 19 heteroatoms. The van der Waals surface area contributed by atoms with Gasteiger partial charge in [-0.2, -0.15) is 61.1 Å². The van der Waals surface area contributed by atoms with E-state index in [4.69, 9.17) is 4.55 Å². The molecule has 0 unspecified atom stereocenters. The van der Waals surface area contributed by atoms with E-state index in [0.717, 1.165) is 28.8 Å². The molecule has 0 amide bonds. The van der Waals surface area contributed by atoms with Gasteiger partial charge in [0.05, 0.1) is 9.79 Å². The molecule has 0 bridgehead atoms. The van der Waals surface area contributed by atoms with Crippen molar-refractivity contribution in [2.75, 3.05) is 0 Å². The van der Waals surface area contributed by atoms with E-state index in [-0.39, 0.29) is 6.07 Å². The zero-order chi connectivity index (χ0) is 38.8. The first-order valence-electron chi connectivity index (χ1n) is 13.9. The molecule has 4 rings (SSSR count). The summed E-state index contributed by atoms with van der Waals surface area (Å²) in [5, 5.41) is -7.58. The summed E-state index contributed by atoms with van der Waals surface area (Å²) >= 11 is 0. The lowest BCUT2D eigenvalue weighted by molar-refractivity contribution is -0.419. The van der Waals surface area contributed by atoms with Crippen LogP contribution in [-0.4, -0.2) is 50.3 Å². The van der Waals surface area contributed by atoms with Crippen LogP contribution >= 0.6 is 0 Å². The minimum atomic E-state index is -8.29. The van der Waals surface area contributed by atoms with E-state index in [1.54, 1.807) is 24.3 Å². The first-order chi connectivity index (χ1) is 23.1. The highest BCUT2D eigenvalue weighted by Crippen LogP contribution is 2.62. The number of sulfone groups is 1. The molecular formula is C32H22F12O5S2. The monoisotopic (exact) mass is 778 g/mol. The molecule has 276 valence electrons. The van der Waals surface area contributed by atoms with Crippen molar-refractivity contribution in [3.63, 3.8) is 0 Å². The summed E-state index contributed by atoms with van der Waals surface area (Å²) in [6.45, 7) is 2.40. The highest BCUT2D eigenvalue weighted by molar-refractivity contribution is 7.91. The highest BCUT2D eigenvalue weighted by atomic mass is 32.2. The molecule has 0 aliphatic rings. The minimum Gasteiger partial charge on any atom is -0.281 e. The van der Waals surface area contributed by atoms with Crippen LogP contribution in [0.25, 0.3) is 22.3 Å². The molecule has 0 radical (unpaired) electrons. The van der Waals surface area contributed by atoms with E-state index in [1.165, 1.54) is 12.1 Å². The van der Waals surface area contributed by atoms with Crippen LogP contribution in [0, 0.1) is 13.8 Å². The maximum absolute atomic E-state index is 15.1. The molecule has 0 atom stereocenters. The molecule has 5 nitrogen and oxygen atoms in total. The fourth-order valence-corrected chi connectivity index (χ4v) is 6.51. The van der Waals surface area contributed by atoms with Crippen LogP contribution in [0.1, 0.15) is 16.7 Å². The molecule has 51 heavy (non-hydrogen) atoms. The lowest BCUT2D eigenvalue weighted by Gasteiger charge is -2.40. The highest BCUT2D eigenvalue weighted by Gasteiger charge is 2.92. The fraction of sp³-hybridized carbons (Fsp3) is 0.250. The number of hydrogen-bond acceptors (Lipinski definition) is 4. The minimum absolute atomic E-state index is 0.324. The summed E-state index contributed by atoms with van der Waals surface area (Å²) in [6.07, 6.45) is 0. The summed E-state index contributed by atoms with van der Waals surface area (Å²) in [4.78, 5) is -1.94. The standard InChI is InChI=1S/C32H22F12O5S2/c1-18-3-6-20(7-4-18)21-8-10-22(11-9-21)23-12-15-24(16-13-23)50(45,46)25-14-5-19(2)26(17-25)27(33,34)28(35,36)29(37,38)30(39,40)31(41,42)32(43,44)51(47,48)49/h3-17H,1-2H3,(H,47,48,49). The summed E-state index contributed by atoms with van der Waals surface area (Å²) in [6, 6.07) is 19.6. The average Bonchev–Trinajstić information content (AvgIpc) is 3.04. The van der Waals surface area contributed by atoms with Gasteiger partial charge in [-0.3, -0.25) is 4.55 Å². The molecule has 0 spiro atoms. The van der Waals surface area contributed by atoms with E-state index in [9.17, 15) is 60.7 Å². The molecule has 0 saturated heterocycles. The van der Waals surface area contributed by atoms with Crippen LogP contribution in [0.15, 0.2) is 101 Å². The van der Waals surface area contributed by atoms with Crippen LogP contribution < -0.4 is 0 Å². The third-order valence-electron chi connectivity index (χ3n) is 7.89. The van der Waals surface area contributed by atoms with E-state index in [1.807, 2.05) is 31.2 Å². The first-order valence-corrected chi connectivity index (χ1v) is 16.9. The van der Waals surface area contributed by atoms with Gasteiger partial charge in [-0.1, -0.05) is 72.3 Å². The zero-order valence-electron chi connectivity index (χ0n) is 25.6. The maximum atomic E-state index is 15.1. The molecule has 0 aliphatic carbocycles. The Bertz CT molecular complexity index is 2150. The van der Waals surface area contributed by atoms with Gasteiger partial charge in [0.15, 0.2) is 0 Å². The van der Waals surface area contributed by atoms with Gasteiger partial charge in [-0.05, 0) is 65.9 Å². The van der Waals surface area contributed by atoms with Crippen molar-refractivity contribution in [2.45, 2.75) is 58.5 Å². The number of aryl methyl sites for hydroxylation is 2. The third-order valence-corrected chi connectivity index (χ3v) is 10.6. The maximum Gasteiger partial charge on any atom is 0.438 e. The van der Waals surface area contributed by atoms with Crippen LogP contribution in [-0.2, 0) is 25.9 Å². The van der Waals surface area contributed by atoms with E-state index in [0.29, 0.717) is 30.2 Å².